The number of anilines is 1. The number of nitrogens with one attached hydrogen (secondary N) is 1. The molecule has 2 aliphatic rings. The molecular weight excluding hydrogens is 444 g/mol. The molecule has 0 aliphatic carbocycles. The molecule has 1 N–H and O–H groups in total. The van der Waals surface area contributed by atoms with Gasteiger partial charge >= 0.3 is 0 Å². The molecule has 0 amide bonds. The maximum Gasteiger partial charge on any atom is 0.190 e. The molecule has 34 heavy (non-hydrogen) atoms. The smallest absolute Gasteiger partial charge is 0.190 e. The summed E-state index contributed by atoms with van der Waals surface area (Å²) in [5, 5.41) is 17.8. The molecule has 4 aromatic rings. The molecule has 1 aromatic carbocycles. The highest BCUT2D eigenvalue weighted by atomic mass is 19.1. The first kappa shape index (κ1) is 20.4. The highest BCUT2D eigenvalue weighted by molar-refractivity contribution is 5.87. The van der Waals surface area contributed by atoms with Crippen molar-refractivity contribution in [2.45, 2.75) is 6.54 Å². The minimum atomic E-state index is -0.580. The molecule has 12 heteroatoms. The lowest BCUT2D eigenvalue weighted by atomic mass is 10.2. The van der Waals surface area contributed by atoms with Crippen LogP contribution in [0.4, 0.5) is 14.6 Å². The predicted molar refractivity (Wildman–Crippen MR) is 119 cm³/mol. The van der Waals surface area contributed by atoms with Gasteiger partial charge in [0, 0.05) is 24.7 Å². The Hall–Kier alpha value is -4.19. The normalized spacial score (nSPS) is 15.5. The molecule has 0 spiro atoms. The van der Waals surface area contributed by atoms with Crippen molar-refractivity contribution >= 4 is 11.7 Å². The quantitative estimate of drug-likeness (QED) is 0.481. The molecule has 3 aromatic heterocycles. The van der Waals surface area contributed by atoms with Crippen LogP contribution in [0.5, 0.6) is 0 Å². The third-order valence-electron chi connectivity index (χ3n) is 5.70. The fourth-order valence-corrected chi connectivity index (χ4v) is 4.00. The van der Waals surface area contributed by atoms with E-state index < -0.39 is 5.82 Å². The van der Waals surface area contributed by atoms with Crippen LogP contribution < -0.4 is 10.3 Å². The highest BCUT2D eigenvalue weighted by Gasteiger charge is 2.29. The Morgan fingerprint density at radius 3 is 2.82 bits per heavy atom. The van der Waals surface area contributed by atoms with E-state index in [1.165, 1.54) is 17.3 Å². The Balaban J connectivity index is 1.38. The van der Waals surface area contributed by atoms with E-state index in [9.17, 15) is 8.78 Å². The van der Waals surface area contributed by atoms with E-state index in [-0.39, 0.29) is 24.0 Å². The zero-order valence-corrected chi connectivity index (χ0v) is 17.9. The number of piperazine rings is 1. The van der Waals surface area contributed by atoms with Crippen molar-refractivity contribution in [3.8, 4) is 22.9 Å². The van der Waals surface area contributed by atoms with Gasteiger partial charge in [0.25, 0.3) is 0 Å². The van der Waals surface area contributed by atoms with Gasteiger partial charge in [-0.15, -0.1) is 0 Å². The second-order valence-corrected chi connectivity index (χ2v) is 7.91. The maximum absolute atomic E-state index is 14.7. The first-order valence-corrected chi connectivity index (χ1v) is 10.7. The summed E-state index contributed by atoms with van der Waals surface area (Å²) < 4.78 is 35.6. The Bertz CT molecular complexity index is 1370. The van der Waals surface area contributed by atoms with E-state index in [1.807, 2.05) is 0 Å². The van der Waals surface area contributed by atoms with Gasteiger partial charge in [-0.25, -0.2) is 23.8 Å². The van der Waals surface area contributed by atoms with Crippen LogP contribution in [0.15, 0.2) is 58.5 Å². The fraction of sp³-hybridized carbons (Fsp3) is 0.227. The Morgan fingerprint density at radius 2 is 2.00 bits per heavy atom. The van der Waals surface area contributed by atoms with Crippen LogP contribution in [-0.2, 0) is 6.54 Å². The number of amidine groups is 1. The van der Waals surface area contributed by atoms with E-state index in [1.54, 1.807) is 35.0 Å². The molecule has 6 rings (SSSR count). The molecule has 172 valence electrons. The second kappa shape index (κ2) is 8.30. The molecule has 1 fully saturated rings. The van der Waals surface area contributed by atoms with Gasteiger partial charge in [-0.1, -0.05) is 23.4 Å². The molecule has 0 atom stereocenters. The van der Waals surface area contributed by atoms with Gasteiger partial charge in [-0.05, 0) is 12.1 Å². The maximum atomic E-state index is 14.7. The van der Waals surface area contributed by atoms with Crippen LogP contribution in [0, 0.1) is 11.6 Å². The third-order valence-corrected chi connectivity index (χ3v) is 5.70. The van der Waals surface area contributed by atoms with Crippen molar-refractivity contribution in [1.29, 1.82) is 0 Å². The standard InChI is InChI=1S/C22H19F2N9O/c23-15-4-2-1-3-14(15)12-32-19(17-5-8-34-30-17)9-18(28-32)21-26-10-16(24)22(27-21)33-13-31-7-6-25-11-20(31)29-33/h1-5,8-10,25H,6-7,11-13H2. The van der Waals surface area contributed by atoms with Crippen molar-refractivity contribution in [1.82, 2.24) is 35.1 Å². The van der Waals surface area contributed by atoms with Gasteiger partial charge in [0.1, 0.15) is 36.0 Å². The number of halogens is 2. The lowest BCUT2D eigenvalue weighted by Gasteiger charge is -2.25. The van der Waals surface area contributed by atoms with Gasteiger partial charge < -0.3 is 14.7 Å². The average molecular weight is 463 g/mol. The number of aromatic nitrogens is 5. The van der Waals surface area contributed by atoms with Gasteiger partial charge in [-0.2, -0.15) is 10.2 Å². The first-order valence-electron chi connectivity index (χ1n) is 10.7. The number of hydrogen-bond acceptors (Lipinski definition) is 9. The first-order chi connectivity index (χ1) is 16.7. The van der Waals surface area contributed by atoms with E-state index in [0.717, 1.165) is 25.1 Å². The van der Waals surface area contributed by atoms with Crippen LogP contribution in [0.1, 0.15) is 5.56 Å². The lowest BCUT2D eigenvalue weighted by Crippen LogP contribution is -2.46. The summed E-state index contributed by atoms with van der Waals surface area (Å²) in [6.07, 6.45) is 2.55. The topological polar surface area (TPSA) is 100 Å². The van der Waals surface area contributed by atoms with Crippen molar-refractivity contribution in [3.05, 3.63) is 66.1 Å². The summed E-state index contributed by atoms with van der Waals surface area (Å²) in [5.74, 6) is 0.206. The Kier molecular flexibility index (Phi) is 4.99. The zero-order chi connectivity index (χ0) is 23.1. The number of nitrogens with zero attached hydrogens (tertiary/aromatic N) is 8. The monoisotopic (exact) mass is 463 g/mol. The van der Waals surface area contributed by atoms with Crippen molar-refractivity contribution < 1.29 is 13.3 Å². The SMILES string of the molecule is Fc1ccccc1Cn1nc(-c2ncc(F)c(N3CN4CCNCC4=N3)n2)cc1-c1ccon1. The number of hydrogen-bond donors (Lipinski definition) is 1. The largest absolute Gasteiger partial charge is 0.364 e. The van der Waals surface area contributed by atoms with Crippen LogP contribution in [0.2, 0.25) is 0 Å². The molecule has 2 aliphatic heterocycles. The van der Waals surface area contributed by atoms with Gasteiger partial charge in [0.2, 0.25) is 0 Å². The summed E-state index contributed by atoms with van der Waals surface area (Å²) in [5.41, 5.74) is 1.96. The molecule has 0 radical (unpaired) electrons. The van der Waals surface area contributed by atoms with E-state index in [4.69, 9.17) is 4.52 Å². The molecule has 0 unspecified atom stereocenters. The third kappa shape index (κ3) is 3.67. The second-order valence-electron chi connectivity index (χ2n) is 7.91. The van der Waals surface area contributed by atoms with E-state index >= 15 is 0 Å². The summed E-state index contributed by atoms with van der Waals surface area (Å²) in [7, 11) is 0. The van der Waals surface area contributed by atoms with Crippen LogP contribution in [-0.4, -0.2) is 61.9 Å². The summed E-state index contributed by atoms with van der Waals surface area (Å²) in [4.78, 5) is 10.7. The Morgan fingerprint density at radius 1 is 1.09 bits per heavy atom. The predicted octanol–water partition coefficient (Wildman–Crippen LogP) is 2.32. The fourth-order valence-electron chi connectivity index (χ4n) is 4.00. The minimum absolute atomic E-state index is 0.0681. The van der Waals surface area contributed by atoms with E-state index in [2.05, 4.69) is 35.5 Å². The van der Waals surface area contributed by atoms with Crippen LogP contribution in [0.25, 0.3) is 22.9 Å². The molecule has 10 nitrogen and oxygen atoms in total. The van der Waals surface area contributed by atoms with Gasteiger partial charge in [0.05, 0.1) is 25.0 Å². The minimum Gasteiger partial charge on any atom is -0.364 e. The number of rotatable bonds is 5. The van der Waals surface area contributed by atoms with Crippen molar-refractivity contribution in [2.24, 2.45) is 5.10 Å². The number of benzene rings is 1. The van der Waals surface area contributed by atoms with Crippen molar-refractivity contribution in [3.63, 3.8) is 0 Å². The zero-order valence-electron chi connectivity index (χ0n) is 17.9. The van der Waals surface area contributed by atoms with Gasteiger partial charge in [-0.3, -0.25) is 4.68 Å². The lowest BCUT2D eigenvalue weighted by molar-refractivity contribution is 0.405. The summed E-state index contributed by atoms with van der Waals surface area (Å²) in [6.45, 7) is 2.82. The molecular formula is C22H19F2N9O. The molecule has 1 saturated heterocycles. The molecule has 5 heterocycles. The van der Waals surface area contributed by atoms with E-state index in [0.29, 0.717) is 35.9 Å². The molecule has 0 bridgehead atoms. The summed E-state index contributed by atoms with van der Waals surface area (Å²) in [6, 6.07) is 9.87. The number of fused-ring (bicyclic) bond motifs is 1. The Labute approximate surface area is 192 Å². The van der Waals surface area contributed by atoms with Crippen molar-refractivity contribution in [2.75, 3.05) is 31.3 Å². The van der Waals surface area contributed by atoms with Crippen LogP contribution in [0.3, 0.4) is 0 Å². The molecule has 0 saturated carbocycles. The average Bonchev–Trinajstić information content (AvgIpc) is 3.60. The van der Waals surface area contributed by atoms with Crippen LogP contribution >= 0.6 is 0 Å². The highest BCUT2D eigenvalue weighted by Crippen LogP contribution is 2.28. The van der Waals surface area contributed by atoms with Gasteiger partial charge in [0.15, 0.2) is 17.5 Å². The summed E-state index contributed by atoms with van der Waals surface area (Å²) >= 11 is 0. The number of hydrazone groups is 1.